The molecule has 0 radical (unpaired) electrons. The van der Waals surface area contributed by atoms with Crippen LogP contribution in [0.15, 0.2) is 39.7 Å². The highest BCUT2D eigenvalue weighted by Gasteiger charge is 2.09. The summed E-state index contributed by atoms with van der Waals surface area (Å²) in [4.78, 5) is 3.83. The number of oxazole rings is 1. The topological polar surface area (TPSA) is 26.0 Å². The second kappa shape index (κ2) is 3.52. The summed E-state index contributed by atoms with van der Waals surface area (Å²) in [7, 11) is 0. The van der Waals surface area contributed by atoms with Gasteiger partial charge in [-0.3, -0.25) is 0 Å². The van der Waals surface area contributed by atoms with Gasteiger partial charge in [0.25, 0.3) is 0 Å². The Bertz CT molecular complexity index is 393. The number of hydrogen-bond acceptors (Lipinski definition) is 2. The predicted octanol–water partition coefficient (Wildman–Crippen LogP) is 3.76. The maximum absolute atomic E-state index is 6.00. The molecule has 0 amide bonds. The molecule has 13 heavy (non-hydrogen) atoms. The maximum atomic E-state index is 6.00. The van der Waals surface area contributed by atoms with Gasteiger partial charge in [-0.15, -0.1) is 0 Å². The van der Waals surface area contributed by atoms with Crippen LogP contribution in [0.3, 0.4) is 0 Å². The highest BCUT2D eigenvalue weighted by Crippen LogP contribution is 2.34. The minimum absolute atomic E-state index is 0.645. The maximum Gasteiger partial charge on any atom is 0.181 e. The van der Waals surface area contributed by atoms with Crippen molar-refractivity contribution in [3.63, 3.8) is 0 Å². The fourth-order valence-corrected chi connectivity index (χ4v) is 2.02. The summed E-state index contributed by atoms with van der Waals surface area (Å²) < 4.78 is 6.06. The van der Waals surface area contributed by atoms with Crippen molar-refractivity contribution in [1.82, 2.24) is 4.98 Å². The Labute approximate surface area is 88.7 Å². The van der Waals surface area contributed by atoms with Crippen molar-refractivity contribution in [3.05, 3.63) is 40.3 Å². The molecule has 0 aliphatic heterocycles. The van der Waals surface area contributed by atoms with Gasteiger partial charge in [-0.25, -0.2) is 4.98 Å². The van der Waals surface area contributed by atoms with E-state index in [4.69, 9.17) is 16.0 Å². The summed E-state index contributed by atoms with van der Waals surface area (Å²) in [6.07, 6.45) is 3.01. The normalized spacial score (nSPS) is 10.3. The van der Waals surface area contributed by atoms with Crippen molar-refractivity contribution in [2.75, 3.05) is 0 Å². The highest BCUT2D eigenvalue weighted by atomic mass is 79.9. The van der Waals surface area contributed by atoms with Crippen LogP contribution in [-0.4, -0.2) is 4.98 Å². The molecule has 1 heterocycles. The van der Waals surface area contributed by atoms with E-state index in [9.17, 15) is 0 Å². The van der Waals surface area contributed by atoms with E-state index in [0.717, 1.165) is 10.0 Å². The van der Waals surface area contributed by atoms with E-state index < -0.39 is 0 Å². The Morgan fingerprint density at radius 1 is 1.38 bits per heavy atom. The monoisotopic (exact) mass is 257 g/mol. The Morgan fingerprint density at radius 3 is 2.85 bits per heavy atom. The van der Waals surface area contributed by atoms with Gasteiger partial charge in [-0.05, 0) is 28.1 Å². The lowest BCUT2D eigenvalue weighted by Gasteiger charge is -2.01. The molecule has 1 aromatic heterocycles. The minimum Gasteiger partial charge on any atom is -0.443 e. The van der Waals surface area contributed by atoms with E-state index in [1.54, 1.807) is 6.20 Å². The SMILES string of the molecule is Clc1cccc(Br)c1-c1cnco1. The van der Waals surface area contributed by atoms with Gasteiger partial charge in [0.15, 0.2) is 12.2 Å². The average Bonchev–Trinajstić information content (AvgIpc) is 2.57. The van der Waals surface area contributed by atoms with Crippen LogP contribution in [0.25, 0.3) is 11.3 Å². The van der Waals surface area contributed by atoms with E-state index in [1.807, 2.05) is 18.2 Å². The second-order valence-corrected chi connectivity index (χ2v) is 3.72. The molecule has 0 aliphatic rings. The number of benzene rings is 1. The van der Waals surface area contributed by atoms with Crippen LogP contribution in [0.2, 0.25) is 5.02 Å². The summed E-state index contributed by atoms with van der Waals surface area (Å²) in [5.74, 6) is 0.664. The Kier molecular flexibility index (Phi) is 2.38. The lowest BCUT2D eigenvalue weighted by Crippen LogP contribution is -1.78. The molecule has 0 unspecified atom stereocenters. The fourth-order valence-electron chi connectivity index (χ4n) is 1.07. The zero-order valence-corrected chi connectivity index (χ0v) is 8.84. The molecule has 66 valence electrons. The van der Waals surface area contributed by atoms with Gasteiger partial charge >= 0.3 is 0 Å². The van der Waals surface area contributed by atoms with E-state index in [1.165, 1.54) is 6.39 Å². The molecule has 0 saturated carbocycles. The molecule has 2 aromatic rings. The fraction of sp³-hybridized carbons (Fsp3) is 0. The number of nitrogens with zero attached hydrogens (tertiary/aromatic N) is 1. The molecule has 0 N–H and O–H groups in total. The molecule has 1 aromatic carbocycles. The Hall–Kier alpha value is -0.800. The Balaban J connectivity index is 2.64. The number of halogens is 2. The number of hydrogen-bond donors (Lipinski definition) is 0. The third kappa shape index (κ3) is 1.62. The number of rotatable bonds is 1. The van der Waals surface area contributed by atoms with Crippen molar-refractivity contribution in [3.8, 4) is 11.3 Å². The Morgan fingerprint density at radius 2 is 2.23 bits per heavy atom. The molecule has 0 fully saturated rings. The number of aromatic nitrogens is 1. The van der Waals surface area contributed by atoms with Crippen molar-refractivity contribution < 1.29 is 4.42 Å². The lowest BCUT2D eigenvalue weighted by atomic mass is 10.2. The molecule has 0 spiro atoms. The van der Waals surface area contributed by atoms with Crippen molar-refractivity contribution in [2.45, 2.75) is 0 Å². The van der Waals surface area contributed by atoms with Crippen molar-refractivity contribution in [2.24, 2.45) is 0 Å². The van der Waals surface area contributed by atoms with Crippen molar-refractivity contribution >= 4 is 27.5 Å². The molecule has 4 heteroatoms. The van der Waals surface area contributed by atoms with Gasteiger partial charge < -0.3 is 4.42 Å². The third-order valence-corrected chi connectivity index (χ3v) is 2.62. The molecular weight excluding hydrogens is 253 g/mol. The van der Waals surface area contributed by atoms with Crippen LogP contribution in [0, 0.1) is 0 Å². The van der Waals surface area contributed by atoms with E-state index in [0.29, 0.717) is 10.8 Å². The van der Waals surface area contributed by atoms with Crippen LogP contribution in [0.5, 0.6) is 0 Å². The van der Waals surface area contributed by atoms with Crippen LogP contribution in [0.4, 0.5) is 0 Å². The quantitative estimate of drug-likeness (QED) is 0.778. The van der Waals surface area contributed by atoms with Crippen LogP contribution in [-0.2, 0) is 0 Å². The zero-order chi connectivity index (χ0) is 9.26. The van der Waals surface area contributed by atoms with Gasteiger partial charge in [-0.2, -0.15) is 0 Å². The van der Waals surface area contributed by atoms with Gasteiger partial charge in [0.05, 0.1) is 16.8 Å². The summed E-state index contributed by atoms with van der Waals surface area (Å²) in [6, 6.07) is 5.58. The molecule has 2 rings (SSSR count). The second-order valence-electron chi connectivity index (χ2n) is 2.46. The molecule has 0 atom stereocenters. The lowest BCUT2D eigenvalue weighted by molar-refractivity contribution is 0.571. The summed E-state index contributed by atoms with van der Waals surface area (Å²) in [5, 5.41) is 0.645. The third-order valence-electron chi connectivity index (χ3n) is 1.64. The van der Waals surface area contributed by atoms with Crippen LogP contribution in [0.1, 0.15) is 0 Å². The van der Waals surface area contributed by atoms with Gasteiger partial charge in [0, 0.05) is 4.47 Å². The summed E-state index contributed by atoms with van der Waals surface area (Å²) in [5.41, 5.74) is 0.835. The molecule has 2 nitrogen and oxygen atoms in total. The van der Waals surface area contributed by atoms with Gasteiger partial charge in [-0.1, -0.05) is 17.7 Å². The average molecular weight is 259 g/mol. The summed E-state index contributed by atoms with van der Waals surface area (Å²) >= 11 is 9.40. The smallest absolute Gasteiger partial charge is 0.181 e. The first-order valence-electron chi connectivity index (χ1n) is 3.62. The van der Waals surface area contributed by atoms with E-state index in [-0.39, 0.29) is 0 Å². The first-order valence-corrected chi connectivity index (χ1v) is 4.79. The molecule has 0 saturated heterocycles. The molecular formula is C9H5BrClNO. The first-order chi connectivity index (χ1) is 6.29. The van der Waals surface area contributed by atoms with E-state index >= 15 is 0 Å². The van der Waals surface area contributed by atoms with E-state index in [2.05, 4.69) is 20.9 Å². The largest absolute Gasteiger partial charge is 0.443 e. The molecule has 0 bridgehead atoms. The highest BCUT2D eigenvalue weighted by molar-refractivity contribution is 9.10. The summed E-state index contributed by atoms with van der Waals surface area (Å²) in [6.45, 7) is 0. The van der Waals surface area contributed by atoms with Crippen LogP contribution < -0.4 is 0 Å². The first kappa shape index (κ1) is 8.78. The zero-order valence-electron chi connectivity index (χ0n) is 6.50. The van der Waals surface area contributed by atoms with Gasteiger partial charge in [0.2, 0.25) is 0 Å². The molecule has 0 aliphatic carbocycles. The van der Waals surface area contributed by atoms with Crippen molar-refractivity contribution in [1.29, 1.82) is 0 Å². The predicted molar refractivity (Wildman–Crippen MR) is 54.6 cm³/mol. The van der Waals surface area contributed by atoms with Crippen LogP contribution >= 0.6 is 27.5 Å². The standard InChI is InChI=1S/C9H5BrClNO/c10-6-2-1-3-7(11)9(6)8-4-12-5-13-8/h1-5H. The minimum atomic E-state index is 0.645. The van der Waals surface area contributed by atoms with Gasteiger partial charge in [0.1, 0.15) is 0 Å².